The third-order valence-electron chi connectivity index (χ3n) is 5.92. The highest BCUT2D eigenvalue weighted by atomic mass is 127. The Morgan fingerprint density at radius 1 is 1.20 bits per heavy atom. The normalized spacial score (nSPS) is 19.7. The molecule has 6 nitrogen and oxygen atoms in total. The van der Waals surface area contributed by atoms with Crippen LogP contribution in [-0.4, -0.2) is 69.7 Å². The molecule has 3 rings (SSSR count). The van der Waals surface area contributed by atoms with Crippen LogP contribution in [0, 0.1) is 0 Å². The largest absolute Gasteiger partial charge is 0.381 e. The van der Waals surface area contributed by atoms with Crippen LogP contribution in [0.2, 0.25) is 0 Å². The zero-order chi connectivity index (χ0) is 20.7. The van der Waals surface area contributed by atoms with E-state index < -0.39 is 14.6 Å². The summed E-state index contributed by atoms with van der Waals surface area (Å²) in [6, 6.07) is 10.4. The Hall–Kier alpha value is -1.13. The van der Waals surface area contributed by atoms with E-state index in [1.807, 2.05) is 13.0 Å². The van der Waals surface area contributed by atoms with Crippen molar-refractivity contribution >= 4 is 45.8 Å². The number of benzene rings is 1. The smallest absolute Gasteiger partial charge is 0.193 e. The Balaban J connectivity index is 0.00000320. The highest BCUT2D eigenvalue weighted by molar-refractivity contribution is 14.0. The molecule has 0 bridgehead atoms. The van der Waals surface area contributed by atoms with Crippen LogP contribution in [0.5, 0.6) is 0 Å². The molecule has 0 radical (unpaired) electrons. The summed E-state index contributed by atoms with van der Waals surface area (Å²) < 4.78 is 29.6. The minimum absolute atomic E-state index is 0. The molecule has 8 heteroatoms. The molecule has 0 aliphatic carbocycles. The second kappa shape index (κ2) is 11.5. The number of halogens is 1. The van der Waals surface area contributed by atoms with E-state index >= 15 is 0 Å². The maximum absolute atomic E-state index is 12.5. The first-order valence-electron chi connectivity index (χ1n) is 10.5. The molecule has 1 N–H and O–H groups in total. The van der Waals surface area contributed by atoms with E-state index in [0.717, 1.165) is 38.4 Å². The molecule has 2 fully saturated rings. The van der Waals surface area contributed by atoms with E-state index in [4.69, 9.17) is 9.73 Å². The average molecular weight is 548 g/mol. The molecule has 168 valence electrons. The van der Waals surface area contributed by atoms with Crippen molar-refractivity contribution in [1.82, 2.24) is 10.2 Å². The number of likely N-dealkylation sites (tertiary alicyclic amines) is 1. The van der Waals surface area contributed by atoms with Gasteiger partial charge in [-0.2, -0.15) is 0 Å². The molecule has 0 amide bonds. The van der Waals surface area contributed by atoms with Crippen LogP contribution in [-0.2, 0) is 14.6 Å². The van der Waals surface area contributed by atoms with Crippen molar-refractivity contribution in [3.05, 3.63) is 41.5 Å². The second-order valence-electron chi connectivity index (χ2n) is 7.94. The number of hydrogen-bond acceptors (Lipinski definition) is 4. The third-order valence-corrected chi connectivity index (χ3v) is 8.03. The first-order valence-corrected chi connectivity index (χ1v) is 12.4. The van der Waals surface area contributed by atoms with Gasteiger partial charge in [0, 0.05) is 39.1 Å². The van der Waals surface area contributed by atoms with Crippen LogP contribution >= 0.6 is 24.0 Å². The highest BCUT2D eigenvalue weighted by Gasteiger charge is 2.42. The predicted octanol–water partition coefficient (Wildman–Crippen LogP) is 3.34. The monoisotopic (exact) mass is 547 g/mol. The van der Waals surface area contributed by atoms with Crippen molar-refractivity contribution < 1.29 is 13.2 Å². The number of nitrogens with zero attached hydrogens (tertiary/aromatic N) is 2. The fourth-order valence-electron chi connectivity index (χ4n) is 3.97. The Morgan fingerprint density at radius 2 is 1.83 bits per heavy atom. The molecule has 2 saturated heterocycles. The number of ether oxygens (including phenoxy) is 1. The lowest BCUT2D eigenvalue weighted by atomic mass is 9.99. The van der Waals surface area contributed by atoms with Crippen LogP contribution in [0.1, 0.15) is 38.2 Å². The minimum Gasteiger partial charge on any atom is -0.381 e. The number of rotatable bonds is 5. The zero-order valence-electron chi connectivity index (χ0n) is 18.0. The van der Waals surface area contributed by atoms with Crippen molar-refractivity contribution in [2.24, 2.45) is 4.99 Å². The summed E-state index contributed by atoms with van der Waals surface area (Å²) in [6.45, 7) is 5.84. The quantitative estimate of drug-likeness (QED) is 0.348. The molecule has 1 aromatic rings. The Kier molecular flexibility index (Phi) is 9.62. The van der Waals surface area contributed by atoms with Gasteiger partial charge in [0.2, 0.25) is 0 Å². The van der Waals surface area contributed by atoms with Gasteiger partial charge in [-0.15, -0.1) is 24.0 Å². The number of hydrogen-bond donors (Lipinski definition) is 1. The second-order valence-corrected chi connectivity index (χ2v) is 10.3. The zero-order valence-corrected chi connectivity index (χ0v) is 21.1. The van der Waals surface area contributed by atoms with Gasteiger partial charge in [0.15, 0.2) is 15.8 Å². The predicted molar refractivity (Wildman–Crippen MR) is 134 cm³/mol. The summed E-state index contributed by atoms with van der Waals surface area (Å²) in [7, 11) is -3.21. The third kappa shape index (κ3) is 6.43. The Morgan fingerprint density at radius 3 is 2.40 bits per heavy atom. The lowest BCUT2D eigenvalue weighted by Gasteiger charge is -2.35. The minimum atomic E-state index is -3.21. The summed E-state index contributed by atoms with van der Waals surface area (Å²) >= 11 is 0. The number of nitrogens with one attached hydrogen (secondary N) is 1. The van der Waals surface area contributed by atoms with Crippen molar-refractivity contribution in [3.63, 3.8) is 0 Å². The van der Waals surface area contributed by atoms with E-state index in [1.165, 1.54) is 17.4 Å². The molecule has 0 spiro atoms. The van der Waals surface area contributed by atoms with Crippen molar-refractivity contribution in [3.8, 4) is 0 Å². The standard InChI is InChI=1S/C22H33N3O3S.HI/c1-3-23-21(24-18-22(29(2,26)27)11-15-28-16-12-22)25-13-9-20(10-14-25)17-19-7-5-4-6-8-19;/h4-8,17H,3,9-16,18H2,1-2H3,(H,23,24);1H. The lowest BCUT2D eigenvalue weighted by Crippen LogP contribution is -2.49. The lowest BCUT2D eigenvalue weighted by molar-refractivity contribution is 0.0767. The maximum atomic E-state index is 12.5. The van der Waals surface area contributed by atoms with Gasteiger partial charge in [-0.3, -0.25) is 4.99 Å². The van der Waals surface area contributed by atoms with Gasteiger partial charge < -0.3 is 15.0 Å². The average Bonchev–Trinajstić information content (AvgIpc) is 2.72. The summed E-state index contributed by atoms with van der Waals surface area (Å²) in [5.74, 6) is 0.820. The SMILES string of the molecule is CCNC(=NCC1(S(C)(=O)=O)CCOCC1)N1CCC(=Cc2ccccc2)CC1.I. The molecule has 1 aromatic carbocycles. The van der Waals surface area contributed by atoms with E-state index in [9.17, 15) is 8.42 Å². The first kappa shape index (κ1) is 25.1. The molecule has 30 heavy (non-hydrogen) atoms. The van der Waals surface area contributed by atoms with Crippen LogP contribution in [0.3, 0.4) is 0 Å². The number of sulfone groups is 1. The molecule has 2 aliphatic rings. The number of piperidine rings is 1. The van der Waals surface area contributed by atoms with Gasteiger partial charge in [-0.05, 0) is 38.2 Å². The van der Waals surface area contributed by atoms with Gasteiger partial charge in [-0.1, -0.05) is 42.0 Å². The van der Waals surface area contributed by atoms with Crippen LogP contribution < -0.4 is 5.32 Å². The Bertz CT molecular complexity index is 824. The number of guanidine groups is 1. The van der Waals surface area contributed by atoms with Crippen LogP contribution in [0.4, 0.5) is 0 Å². The summed E-state index contributed by atoms with van der Waals surface area (Å²) in [4.78, 5) is 7.04. The van der Waals surface area contributed by atoms with Gasteiger partial charge >= 0.3 is 0 Å². The van der Waals surface area contributed by atoms with Gasteiger partial charge in [0.05, 0.1) is 11.3 Å². The van der Waals surface area contributed by atoms with Crippen molar-refractivity contribution in [1.29, 1.82) is 0 Å². The highest BCUT2D eigenvalue weighted by Crippen LogP contribution is 2.30. The molecule has 2 aliphatic heterocycles. The van der Waals surface area contributed by atoms with E-state index in [2.05, 4.69) is 40.6 Å². The van der Waals surface area contributed by atoms with Gasteiger partial charge in [0.1, 0.15) is 0 Å². The molecule has 0 saturated carbocycles. The van der Waals surface area contributed by atoms with E-state index in [1.54, 1.807) is 0 Å². The maximum Gasteiger partial charge on any atom is 0.193 e. The molecule has 2 heterocycles. The molecule has 0 unspecified atom stereocenters. The summed E-state index contributed by atoms with van der Waals surface area (Å²) in [5.41, 5.74) is 2.69. The van der Waals surface area contributed by atoms with Crippen LogP contribution in [0.15, 0.2) is 40.9 Å². The molecular formula is C22H34IN3O3S. The van der Waals surface area contributed by atoms with E-state index in [-0.39, 0.29) is 24.0 Å². The van der Waals surface area contributed by atoms with Crippen molar-refractivity contribution in [2.45, 2.75) is 37.4 Å². The summed E-state index contributed by atoms with van der Waals surface area (Å²) in [6.07, 6.45) is 6.62. The fourth-order valence-corrected chi connectivity index (χ4v) is 5.18. The van der Waals surface area contributed by atoms with E-state index in [0.29, 0.717) is 32.6 Å². The van der Waals surface area contributed by atoms with Crippen molar-refractivity contribution in [2.75, 3.05) is 45.6 Å². The molecule has 0 aromatic heterocycles. The Labute approximate surface area is 198 Å². The first-order chi connectivity index (χ1) is 13.9. The summed E-state index contributed by atoms with van der Waals surface area (Å²) in [5, 5.41) is 3.36. The van der Waals surface area contributed by atoms with Crippen LogP contribution in [0.25, 0.3) is 6.08 Å². The van der Waals surface area contributed by atoms with Gasteiger partial charge in [0.25, 0.3) is 0 Å². The van der Waals surface area contributed by atoms with Gasteiger partial charge in [-0.25, -0.2) is 8.42 Å². The molecular weight excluding hydrogens is 513 g/mol. The number of aliphatic imine (C=N–C) groups is 1. The topological polar surface area (TPSA) is 71.0 Å². The fraction of sp³-hybridized carbons (Fsp3) is 0.591. The molecule has 0 atom stereocenters.